The van der Waals surface area contributed by atoms with E-state index in [1.54, 1.807) is 32.6 Å². The highest BCUT2D eigenvalue weighted by Crippen LogP contribution is 2.25. The molecule has 6 nitrogen and oxygen atoms in total. The van der Waals surface area contributed by atoms with Crippen molar-refractivity contribution < 1.29 is 19.4 Å². The van der Waals surface area contributed by atoms with Gasteiger partial charge in [-0.2, -0.15) is 0 Å². The Balaban J connectivity index is 2.04. The van der Waals surface area contributed by atoms with Gasteiger partial charge in [0.25, 0.3) is 5.91 Å². The van der Waals surface area contributed by atoms with Crippen LogP contribution in [0.4, 0.5) is 0 Å². The second kappa shape index (κ2) is 7.38. The summed E-state index contributed by atoms with van der Waals surface area (Å²) in [6.07, 6.45) is 0.485. The molecule has 0 aromatic carbocycles. The monoisotopic (exact) mass is 336 g/mol. The zero-order valence-electron chi connectivity index (χ0n) is 15.2. The van der Waals surface area contributed by atoms with Crippen molar-refractivity contribution >= 4 is 11.9 Å². The summed E-state index contributed by atoms with van der Waals surface area (Å²) in [4.78, 5) is 29.6. The number of aliphatic hydroxyl groups excluding tert-OH is 1. The zero-order valence-corrected chi connectivity index (χ0v) is 15.2. The first kappa shape index (κ1) is 18.5. The van der Waals surface area contributed by atoms with Crippen LogP contribution < -0.4 is 0 Å². The van der Waals surface area contributed by atoms with Crippen LogP contribution in [0.3, 0.4) is 0 Å². The molecule has 1 aromatic rings. The lowest BCUT2D eigenvalue weighted by Gasteiger charge is -2.31. The van der Waals surface area contributed by atoms with E-state index in [1.165, 1.54) is 0 Å². The molecule has 1 fully saturated rings. The van der Waals surface area contributed by atoms with Crippen LogP contribution in [-0.4, -0.2) is 46.1 Å². The fraction of sp³-hybridized carbons (Fsp3) is 0.667. The second-order valence-corrected chi connectivity index (χ2v) is 6.89. The van der Waals surface area contributed by atoms with Gasteiger partial charge in [0, 0.05) is 24.3 Å². The van der Waals surface area contributed by atoms with Crippen molar-refractivity contribution in [2.45, 2.75) is 59.7 Å². The van der Waals surface area contributed by atoms with Gasteiger partial charge in [-0.15, -0.1) is 0 Å². The summed E-state index contributed by atoms with van der Waals surface area (Å²) in [6.45, 7) is 10.4. The first-order valence-electron chi connectivity index (χ1n) is 8.59. The molecule has 134 valence electrons. The molecule has 0 aliphatic carbocycles. The number of rotatable bonds is 4. The molecule has 2 atom stereocenters. The molecule has 24 heavy (non-hydrogen) atoms. The Morgan fingerprint density at radius 2 is 1.83 bits per heavy atom. The van der Waals surface area contributed by atoms with Gasteiger partial charge in [-0.25, -0.2) is 4.79 Å². The minimum absolute atomic E-state index is 0.146. The van der Waals surface area contributed by atoms with Crippen molar-refractivity contribution in [3.8, 4) is 0 Å². The van der Waals surface area contributed by atoms with E-state index < -0.39 is 18.2 Å². The molecule has 2 heterocycles. The van der Waals surface area contributed by atoms with Gasteiger partial charge in [-0.3, -0.25) is 4.79 Å². The Morgan fingerprint density at radius 3 is 2.33 bits per heavy atom. The van der Waals surface area contributed by atoms with E-state index in [9.17, 15) is 14.7 Å². The quantitative estimate of drug-likeness (QED) is 0.828. The third-order valence-corrected chi connectivity index (χ3v) is 4.84. The summed E-state index contributed by atoms with van der Waals surface area (Å²) in [5.41, 5.74) is 2.40. The van der Waals surface area contributed by atoms with E-state index in [2.05, 4.69) is 11.9 Å². The SMILES string of the molecule is Cc1[nH]c(C(=O)O[C@@H](C)C(=O)N2CCC(C)CC2)c(C)c1[C@H](C)O. The van der Waals surface area contributed by atoms with Crippen molar-refractivity contribution in [1.29, 1.82) is 0 Å². The van der Waals surface area contributed by atoms with Gasteiger partial charge in [-0.1, -0.05) is 6.92 Å². The van der Waals surface area contributed by atoms with E-state index in [1.807, 2.05) is 0 Å². The largest absolute Gasteiger partial charge is 0.448 e. The normalized spacial score (nSPS) is 18.3. The number of hydrogen-bond acceptors (Lipinski definition) is 4. The summed E-state index contributed by atoms with van der Waals surface area (Å²) in [6, 6.07) is 0. The summed E-state index contributed by atoms with van der Waals surface area (Å²) in [5, 5.41) is 9.81. The summed E-state index contributed by atoms with van der Waals surface area (Å²) >= 11 is 0. The fourth-order valence-electron chi connectivity index (χ4n) is 3.35. The maximum Gasteiger partial charge on any atom is 0.355 e. The molecule has 1 amide bonds. The predicted molar refractivity (Wildman–Crippen MR) is 90.8 cm³/mol. The molecule has 0 saturated carbocycles. The second-order valence-electron chi connectivity index (χ2n) is 6.89. The number of esters is 1. The molecule has 1 aliphatic rings. The molecular formula is C18H28N2O4. The first-order chi connectivity index (χ1) is 11.2. The van der Waals surface area contributed by atoms with Gasteiger partial charge in [-0.05, 0) is 52.0 Å². The van der Waals surface area contributed by atoms with Crippen molar-refractivity contribution in [1.82, 2.24) is 9.88 Å². The highest BCUT2D eigenvalue weighted by atomic mass is 16.5. The van der Waals surface area contributed by atoms with Gasteiger partial charge < -0.3 is 19.7 Å². The Bertz CT molecular complexity index is 613. The van der Waals surface area contributed by atoms with Gasteiger partial charge in [0.15, 0.2) is 6.10 Å². The Labute approximate surface area is 143 Å². The van der Waals surface area contributed by atoms with Crippen LogP contribution in [0.1, 0.15) is 67.0 Å². The Hall–Kier alpha value is -1.82. The van der Waals surface area contributed by atoms with E-state index in [-0.39, 0.29) is 5.91 Å². The number of nitrogens with one attached hydrogen (secondary N) is 1. The molecule has 0 unspecified atom stereocenters. The lowest BCUT2D eigenvalue weighted by molar-refractivity contribution is -0.141. The number of amides is 1. The van der Waals surface area contributed by atoms with Crippen LogP contribution in [0.2, 0.25) is 0 Å². The molecule has 1 saturated heterocycles. The van der Waals surface area contributed by atoms with Crippen molar-refractivity contribution in [3.05, 3.63) is 22.5 Å². The summed E-state index contributed by atoms with van der Waals surface area (Å²) in [7, 11) is 0. The number of likely N-dealkylation sites (tertiary alicyclic amines) is 1. The average Bonchev–Trinajstić information content (AvgIpc) is 2.82. The van der Waals surface area contributed by atoms with E-state index in [0.717, 1.165) is 18.5 Å². The topological polar surface area (TPSA) is 82.6 Å². The third-order valence-electron chi connectivity index (χ3n) is 4.84. The fourth-order valence-corrected chi connectivity index (χ4v) is 3.35. The molecule has 1 aliphatic heterocycles. The number of aliphatic hydroxyl groups is 1. The van der Waals surface area contributed by atoms with Crippen LogP contribution in [-0.2, 0) is 9.53 Å². The average molecular weight is 336 g/mol. The number of H-pyrrole nitrogens is 1. The number of carbonyl (C=O) groups excluding carboxylic acids is 2. The van der Waals surface area contributed by atoms with Crippen LogP contribution in [0.5, 0.6) is 0 Å². The molecule has 0 radical (unpaired) electrons. The van der Waals surface area contributed by atoms with Crippen LogP contribution in [0.15, 0.2) is 0 Å². The summed E-state index contributed by atoms with van der Waals surface area (Å²) < 4.78 is 5.36. The minimum atomic E-state index is -0.816. The number of nitrogens with zero attached hydrogens (tertiary/aromatic N) is 1. The Kier molecular flexibility index (Phi) is 5.70. The minimum Gasteiger partial charge on any atom is -0.448 e. The lowest BCUT2D eigenvalue weighted by atomic mass is 9.99. The number of carbonyl (C=O) groups is 2. The van der Waals surface area contributed by atoms with Crippen molar-refractivity contribution in [2.75, 3.05) is 13.1 Å². The standard InChI is InChI=1S/C18H28N2O4/c1-10-6-8-20(9-7-10)17(22)14(5)24-18(23)16-11(2)15(13(4)21)12(3)19-16/h10,13-14,19,21H,6-9H2,1-5H3/t13-,14-/m0/s1. The van der Waals surface area contributed by atoms with Crippen LogP contribution in [0.25, 0.3) is 0 Å². The number of ether oxygens (including phenoxy) is 1. The smallest absolute Gasteiger partial charge is 0.355 e. The first-order valence-corrected chi connectivity index (χ1v) is 8.59. The third kappa shape index (κ3) is 3.80. The molecule has 2 rings (SSSR count). The number of aromatic amines is 1. The van der Waals surface area contributed by atoms with Crippen LogP contribution >= 0.6 is 0 Å². The van der Waals surface area contributed by atoms with Gasteiger partial charge in [0.1, 0.15) is 5.69 Å². The predicted octanol–water partition coefficient (Wildman–Crippen LogP) is 2.49. The maximum absolute atomic E-state index is 12.4. The van der Waals surface area contributed by atoms with Crippen molar-refractivity contribution in [3.63, 3.8) is 0 Å². The number of piperidine rings is 1. The van der Waals surface area contributed by atoms with E-state index in [4.69, 9.17) is 4.74 Å². The number of aryl methyl sites for hydroxylation is 1. The highest BCUT2D eigenvalue weighted by molar-refractivity contribution is 5.92. The number of hydrogen-bond donors (Lipinski definition) is 2. The van der Waals surface area contributed by atoms with E-state index in [0.29, 0.717) is 35.8 Å². The molecule has 6 heteroatoms. The highest BCUT2D eigenvalue weighted by Gasteiger charge is 2.28. The molecule has 0 spiro atoms. The zero-order chi connectivity index (χ0) is 18.0. The van der Waals surface area contributed by atoms with Gasteiger partial charge in [0.2, 0.25) is 0 Å². The Morgan fingerprint density at radius 1 is 1.25 bits per heavy atom. The van der Waals surface area contributed by atoms with Crippen molar-refractivity contribution in [2.24, 2.45) is 5.92 Å². The van der Waals surface area contributed by atoms with E-state index >= 15 is 0 Å². The maximum atomic E-state index is 12.4. The number of aromatic nitrogens is 1. The molecule has 0 bridgehead atoms. The molecular weight excluding hydrogens is 308 g/mol. The summed E-state index contributed by atoms with van der Waals surface area (Å²) in [5.74, 6) is -0.0731. The molecule has 1 aromatic heterocycles. The van der Waals surface area contributed by atoms with Gasteiger partial charge >= 0.3 is 5.97 Å². The van der Waals surface area contributed by atoms with Crippen LogP contribution in [0, 0.1) is 19.8 Å². The lowest BCUT2D eigenvalue weighted by Crippen LogP contribution is -2.44. The van der Waals surface area contributed by atoms with Gasteiger partial charge in [0.05, 0.1) is 6.10 Å². The molecule has 2 N–H and O–H groups in total.